The number of nitrogens with zero attached hydrogens (tertiary/aromatic N) is 1. The molecule has 0 aliphatic carbocycles. The molecule has 1 N–H and O–H groups in total. The third kappa shape index (κ3) is 6.23. The summed E-state index contributed by atoms with van der Waals surface area (Å²) in [6.45, 7) is 10.3. The van der Waals surface area contributed by atoms with Crippen LogP contribution in [-0.2, 0) is 10.0 Å². The summed E-state index contributed by atoms with van der Waals surface area (Å²) in [5.41, 5.74) is -0.190. The lowest BCUT2D eigenvalue weighted by molar-refractivity contribution is 0.308. The summed E-state index contributed by atoms with van der Waals surface area (Å²) < 4.78 is 26.7. The maximum Gasteiger partial charge on any atom is 0.214 e. The first-order valence-corrected chi connectivity index (χ1v) is 9.07. The standard InChI is InChI=1S/C14H30N2O2S/c1-5-10-16(11-13-8-6-7-9-15-13)19(17,18)12-14(2,3)4/h13,15H,5-12H2,1-4H3. The van der Waals surface area contributed by atoms with Gasteiger partial charge in [-0.25, -0.2) is 12.7 Å². The van der Waals surface area contributed by atoms with Gasteiger partial charge in [0.1, 0.15) is 0 Å². The SMILES string of the molecule is CCCN(CC1CCCCN1)S(=O)(=O)CC(C)(C)C. The van der Waals surface area contributed by atoms with Gasteiger partial charge in [-0.3, -0.25) is 0 Å². The molecule has 114 valence electrons. The number of sulfonamides is 1. The lowest BCUT2D eigenvalue weighted by atomic mass is 10.0. The fourth-order valence-corrected chi connectivity index (χ4v) is 4.70. The van der Waals surface area contributed by atoms with Crippen LogP contribution in [0.1, 0.15) is 53.4 Å². The Labute approximate surface area is 119 Å². The Bertz CT molecular complexity index is 354. The van der Waals surface area contributed by atoms with E-state index in [-0.39, 0.29) is 11.2 Å². The van der Waals surface area contributed by atoms with Crippen molar-refractivity contribution < 1.29 is 8.42 Å². The van der Waals surface area contributed by atoms with E-state index in [4.69, 9.17) is 0 Å². The highest BCUT2D eigenvalue weighted by Gasteiger charge is 2.29. The van der Waals surface area contributed by atoms with Crippen molar-refractivity contribution in [2.24, 2.45) is 5.41 Å². The third-order valence-electron chi connectivity index (χ3n) is 3.32. The molecule has 5 heteroatoms. The zero-order chi connectivity index (χ0) is 14.5. The van der Waals surface area contributed by atoms with Crippen LogP contribution < -0.4 is 5.32 Å². The molecule has 0 spiro atoms. The van der Waals surface area contributed by atoms with E-state index < -0.39 is 10.0 Å². The molecule has 1 aliphatic rings. The molecule has 0 amide bonds. The van der Waals surface area contributed by atoms with Gasteiger partial charge in [0.15, 0.2) is 0 Å². The van der Waals surface area contributed by atoms with Crippen molar-refractivity contribution in [3.63, 3.8) is 0 Å². The first-order chi connectivity index (χ1) is 8.74. The van der Waals surface area contributed by atoms with Crippen LogP contribution in [0.4, 0.5) is 0 Å². The van der Waals surface area contributed by atoms with Crippen LogP contribution in [0, 0.1) is 5.41 Å². The van der Waals surface area contributed by atoms with Crippen molar-refractivity contribution in [1.29, 1.82) is 0 Å². The molecule has 19 heavy (non-hydrogen) atoms. The maximum atomic E-state index is 12.5. The number of hydrogen-bond donors (Lipinski definition) is 1. The van der Waals surface area contributed by atoms with Gasteiger partial charge in [-0.2, -0.15) is 0 Å². The average Bonchev–Trinajstić information content (AvgIpc) is 2.26. The van der Waals surface area contributed by atoms with Crippen molar-refractivity contribution in [3.05, 3.63) is 0 Å². The van der Waals surface area contributed by atoms with Crippen LogP contribution in [0.5, 0.6) is 0 Å². The Morgan fingerprint density at radius 2 is 1.95 bits per heavy atom. The fourth-order valence-electron chi connectivity index (χ4n) is 2.56. The molecule has 0 aromatic heterocycles. The normalized spacial score (nSPS) is 21.8. The average molecular weight is 290 g/mol. The highest BCUT2D eigenvalue weighted by Crippen LogP contribution is 2.20. The molecule has 0 bridgehead atoms. The van der Waals surface area contributed by atoms with Gasteiger partial charge < -0.3 is 5.32 Å². The minimum absolute atomic E-state index is 0.190. The second-order valence-corrected chi connectivity index (χ2v) is 8.79. The largest absolute Gasteiger partial charge is 0.313 e. The Morgan fingerprint density at radius 1 is 1.26 bits per heavy atom. The Morgan fingerprint density at radius 3 is 2.42 bits per heavy atom. The van der Waals surface area contributed by atoms with E-state index in [1.807, 2.05) is 27.7 Å². The minimum Gasteiger partial charge on any atom is -0.313 e. The Hall–Kier alpha value is -0.130. The zero-order valence-corrected chi connectivity index (χ0v) is 13.7. The monoisotopic (exact) mass is 290 g/mol. The molecule has 0 saturated carbocycles. The van der Waals surface area contributed by atoms with E-state index >= 15 is 0 Å². The predicted octanol–water partition coefficient (Wildman–Crippen LogP) is 2.22. The van der Waals surface area contributed by atoms with Crippen LogP contribution in [0.25, 0.3) is 0 Å². The van der Waals surface area contributed by atoms with Gasteiger partial charge in [0.05, 0.1) is 5.75 Å². The number of hydrogen-bond acceptors (Lipinski definition) is 3. The molecule has 1 unspecified atom stereocenters. The van der Waals surface area contributed by atoms with Gasteiger partial charge in [-0.05, 0) is 31.2 Å². The predicted molar refractivity (Wildman–Crippen MR) is 80.7 cm³/mol. The quantitative estimate of drug-likeness (QED) is 0.816. The summed E-state index contributed by atoms with van der Waals surface area (Å²) in [6, 6.07) is 0.329. The lowest BCUT2D eigenvalue weighted by Gasteiger charge is -2.31. The molecule has 1 atom stereocenters. The molecular weight excluding hydrogens is 260 g/mol. The van der Waals surface area contributed by atoms with Gasteiger partial charge >= 0.3 is 0 Å². The molecule has 0 aromatic rings. The molecule has 1 saturated heterocycles. The minimum atomic E-state index is -3.15. The molecule has 1 heterocycles. The number of rotatable bonds is 6. The van der Waals surface area contributed by atoms with E-state index in [0.717, 1.165) is 19.4 Å². The summed E-state index contributed by atoms with van der Waals surface area (Å²) in [6.07, 6.45) is 4.37. The molecule has 0 aromatic carbocycles. The van der Waals surface area contributed by atoms with Crippen LogP contribution in [0.3, 0.4) is 0 Å². The zero-order valence-electron chi connectivity index (χ0n) is 12.9. The van der Waals surface area contributed by atoms with Gasteiger partial charge in [0.2, 0.25) is 10.0 Å². The van der Waals surface area contributed by atoms with E-state index in [9.17, 15) is 8.42 Å². The van der Waals surface area contributed by atoms with E-state index in [1.54, 1.807) is 4.31 Å². The van der Waals surface area contributed by atoms with E-state index in [1.165, 1.54) is 12.8 Å². The molecule has 4 nitrogen and oxygen atoms in total. The lowest BCUT2D eigenvalue weighted by Crippen LogP contribution is -2.47. The van der Waals surface area contributed by atoms with Crippen LogP contribution in [0.15, 0.2) is 0 Å². The topological polar surface area (TPSA) is 49.4 Å². The second kappa shape index (κ2) is 7.04. The molecule has 1 fully saturated rings. The molecule has 1 rings (SSSR count). The molecule has 0 radical (unpaired) electrons. The van der Waals surface area contributed by atoms with E-state index in [0.29, 0.717) is 19.1 Å². The molecular formula is C14H30N2O2S. The van der Waals surface area contributed by atoms with Crippen molar-refractivity contribution >= 4 is 10.0 Å². The first kappa shape index (κ1) is 16.9. The third-order valence-corrected chi connectivity index (χ3v) is 5.67. The van der Waals surface area contributed by atoms with Crippen molar-refractivity contribution in [3.8, 4) is 0 Å². The Kier molecular flexibility index (Phi) is 6.27. The summed E-state index contributed by atoms with van der Waals surface area (Å²) in [7, 11) is -3.15. The smallest absolute Gasteiger partial charge is 0.214 e. The highest BCUT2D eigenvalue weighted by molar-refractivity contribution is 7.89. The highest BCUT2D eigenvalue weighted by atomic mass is 32.2. The summed E-state index contributed by atoms with van der Waals surface area (Å²) >= 11 is 0. The van der Waals surface area contributed by atoms with Gasteiger partial charge in [-0.15, -0.1) is 0 Å². The van der Waals surface area contributed by atoms with Crippen LogP contribution in [-0.4, -0.2) is 44.2 Å². The summed E-state index contributed by atoms with van der Waals surface area (Å²) in [5.74, 6) is 0.229. The van der Waals surface area contributed by atoms with Gasteiger partial charge in [0, 0.05) is 19.1 Å². The van der Waals surface area contributed by atoms with Crippen LogP contribution >= 0.6 is 0 Å². The fraction of sp³-hybridized carbons (Fsp3) is 1.00. The van der Waals surface area contributed by atoms with Gasteiger partial charge in [-0.1, -0.05) is 34.1 Å². The van der Waals surface area contributed by atoms with Crippen molar-refractivity contribution in [2.75, 3.05) is 25.4 Å². The second-order valence-electron chi connectivity index (χ2n) is 6.82. The number of nitrogens with one attached hydrogen (secondary N) is 1. The summed E-state index contributed by atoms with van der Waals surface area (Å²) in [4.78, 5) is 0. The maximum absolute atomic E-state index is 12.5. The first-order valence-electron chi connectivity index (χ1n) is 7.46. The van der Waals surface area contributed by atoms with Gasteiger partial charge in [0.25, 0.3) is 0 Å². The Balaban J connectivity index is 2.69. The van der Waals surface area contributed by atoms with E-state index in [2.05, 4.69) is 5.32 Å². The molecule has 1 aliphatic heterocycles. The van der Waals surface area contributed by atoms with Crippen molar-refractivity contribution in [2.45, 2.75) is 59.4 Å². The van der Waals surface area contributed by atoms with Crippen molar-refractivity contribution in [1.82, 2.24) is 9.62 Å². The van der Waals surface area contributed by atoms with Crippen LogP contribution in [0.2, 0.25) is 0 Å². The summed E-state index contributed by atoms with van der Waals surface area (Å²) in [5, 5.41) is 3.44. The number of piperidine rings is 1.